The molecule has 0 fully saturated rings. The maximum atomic E-state index is 12.4. The molecule has 152 valence electrons. The van der Waals surface area contributed by atoms with Gasteiger partial charge in [-0.15, -0.1) is 0 Å². The van der Waals surface area contributed by atoms with Crippen LogP contribution < -0.4 is 0 Å². The molecule has 0 aliphatic rings. The van der Waals surface area contributed by atoms with E-state index >= 15 is 0 Å². The van der Waals surface area contributed by atoms with Crippen LogP contribution >= 0.6 is 0 Å². The first-order valence-electron chi connectivity index (χ1n) is 8.46. The molecule has 0 N–H and O–H groups in total. The summed E-state index contributed by atoms with van der Waals surface area (Å²) in [5.74, 6) is -2.87. The Morgan fingerprint density at radius 1 is 0.586 bits per heavy atom. The Morgan fingerprint density at radius 2 is 0.931 bits per heavy atom. The third-order valence-corrected chi connectivity index (χ3v) is 4.27. The van der Waals surface area contributed by atoms with Gasteiger partial charge < -0.3 is 18.9 Å². The number of hydrogen-bond donors (Lipinski definition) is 0. The molecule has 29 heavy (non-hydrogen) atoms. The average Bonchev–Trinajstić information content (AvgIpc) is 2.76. The Labute approximate surface area is 167 Å². The lowest BCUT2D eigenvalue weighted by molar-refractivity contribution is 0.0553. The predicted octanol–water partition coefficient (Wildman–Crippen LogP) is 2.42. The molecule has 0 amide bonds. The van der Waals surface area contributed by atoms with E-state index in [4.69, 9.17) is 18.9 Å². The van der Waals surface area contributed by atoms with Gasteiger partial charge in [0.1, 0.15) is 0 Å². The first kappa shape index (κ1) is 21.6. The van der Waals surface area contributed by atoms with E-state index in [1.165, 1.54) is 40.6 Å². The monoisotopic (exact) mass is 400 g/mol. The molecule has 0 atom stereocenters. The minimum absolute atomic E-state index is 0.0149. The number of carbonyl (C=O) groups excluding carboxylic acids is 4. The molecule has 2 aromatic rings. The van der Waals surface area contributed by atoms with E-state index in [0.717, 1.165) is 0 Å². The summed E-state index contributed by atoms with van der Waals surface area (Å²) in [4.78, 5) is 48.9. The van der Waals surface area contributed by atoms with Crippen molar-refractivity contribution in [2.45, 2.75) is 6.42 Å². The predicted molar refractivity (Wildman–Crippen MR) is 101 cm³/mol. The zero-order chi connectivity index (χ0) is 21.6. The summed E-state index contributed by atoms with van der Waals surface area (Å²) in [5.41, 5.74) is 0.905. The molecule has 8 nitrogen and oxygen atoms in total. The standard InChI is InChI=1S/C21H20O8/c1-26-18(22)14-9-5-7-12(16(14)20(24)28-3)11-13-8-6-10-15(19(23)27-2)17(13)21(25)29-4/h5-10H,11H2,1-4H3. The normalized spacial score (nSPS) is 10.1. The van der Waals surface area contributed by atoms with Gasteiger partial charge >= 0.3 is 23.9 Å². The van der Waals surface area contributed by atoms with Gasteiger partial charge in [0.15, 0.2) is 0 Å². The molecule has 2 rings (SSSR count). The van der Waals surface area contributed by atoms with Crippen LogP contribution in [0.15, 0.2) is 36.4 Å². The number of ether oxygens (including phenoxy) is 4. The van der Waals surface area contributed by atoms with E-state index < -0.39 is 23.9 Å². The van der Waals surface area contributed by atoms with Gasteiger partial charge in [-0.3, -0.25) is 0 Å². The fraction of sp³-hybridized carbons (Fsp3) is 0.238. The molecule has 8 heteroatoms. The van der Waals surface area contributed by atoms with Crippen molar-refractivity contribution in [3.63, 3.8) is 0 Å². The molecule has 0 heterocycles. The number of carbonyl (C=O) groups is 4. The third-order valence-electron chi connectivity index (χ3n) is 4.27. The van der Waals surface area contributed by atoms with Gasteiger partial charge in [-0.25, -0.2) is 19.2 Å². The lowest BCUT2D eigenvalue weighted by Gasteiger charge is -2.15. The van der Waals surface area contributed by atoms with E-state index in [2.05, 4.69) is 0 Å². The zero-order valence-electron chi connectivity index (χ0n) is 16.4. The van der Waals surface area contributed by atoms with Crippen LogP contribution in [0.2, 0.25) is 0 Å². The van der Waals surface area contributed by atoms with Gasteiger partial charge in [-0.05, 0) is 29.7 Å². The molecule has 0 aliphatic carbocycles. The topological polar surface area (TPSA) is 105 Å². The van der Waals surface area contributed by atoms with Crippen LogP contribution in [0.3, 0.4) is 0 Å². The molecule has 0 unspecified atom stereocenters. The second-order valence-electron chi connectivity index (χ2n) is 5.82. The van der Waals surface area contributed by atoms with Crippen molar-refractivity contribution in [1.82, 2.24) is 0 Å². The van der Waals surface area contributed by atoms with Gasteiger partial charge in [0.2, 0.25) is 0 Å². The number of benzene rings is 2. The van der Waals surface area contributed by atoms with Gasteiger partial charge in [-0.2, -0.15) is 0 Å². The van der Waals surface area contributed by atoms with E-state index in [1.54, 1.807) is 24.3 Å². The summed E-state index contributed by atoms with van der Waals surface area (Å²) >= 11 is 0. The Morgan fingerprint density at radius 3 is 1.24 bits per heavy atom. The first-order valence-corrected chi connectivity index (χ1v) is 8.46. The molecular weight excluding hydrogens is 380 g/mol. The molecule has 0 spiro atoms. The highest BCUT2D eigenvalue weighted by molar-refractivity contribution is 6.05. The maximum absolute atomic E-state index is 12.4. The Bertz CT molecular complexity index is 884. The largest absolute Gasteiger partial charge is 0.465 e. The maximum Gasteiger partial charge on any atom is 0.339 e. The second kappa shape index (κ2) is 9.50. The van der Waals surface area contributed by atoms with Gasteiger partial charge in [0.05, 0.1) is 50.7 Å². The molecular formula is C21H20O8. The Hall–Kier alpha value is -3.68. The van der Waals surface area contributed by atoms with Gasteiger partial charge in [0, 0.05) is 0 Å². The minimum Gasteiger partial charge on any atom is -0.465 e. The fourth-order valence-corrected chi connectivity index (χ4v) is 2.95. The number of rotatable bonds is 6. The van der Waals surface area contributed by atoms with Crippen molar-refractivity contribution in [2.75, 3.05) is 28.4 Å². The fourth-order valence-electron chi connectivity index (χ4n) is 2.95. The summed E-state index contributed by atoms with van der Waals surface area (Å²) in [5, 5.41) is 0. The quantitative estimate of drug-likeness (QED) is 0.538. The van der Waals surface area contributed by atoms with E-state index in [9.17, 15) is 19.2 Å². The van der Waals surface area contributed by atoms with Crippen LogP contribution in [-0.4, -0.2) is 52.3 Å². The van der Waals surface area contributed by atoms with Crippen molar-refractivity contribution >= 4 is 23.9 Å². The molecule has 2 aromatic carbocycles. The van der Waals surface area contributed by atoms with E-state index in [-0.39, 0.29) is 28.7 Å². The molecule has 0 bridgehead atoms. The van der Waals surface area contributed by atoms with E-state index in [0.29, 0.717) is 11.1 Å². The lowest BCUT2D eigenvalue weighted by Crippen LogP contribution is -2.17. The highest BCUT2D eigenvalue weighted by Gasteiger charge is 2.26. The average molecular weight is 400 g/mol. The minimum atomic E-state index is -0.732. The van der Waals surface area contributed by atoms with Gasteiger partial charge in [-0.1, -0.05) is 24.3 Å². The summed E-state index contributed by atoms with van der Waals surface area (Å²) in [6.45, 7) is 0. The third kappa shape index (κ3) is 4.43. The molecule has 0 aliphatic heterocycles. The molecule has 0 radical (unpaired) electrons. The summed E-state index contributed by atoms with van der Waals surface area (Å²) < 4.78 is 19.1. The van der Waals surface area contributed by atoms with Crippen molar-refractivity contribution in [3.8, 4) is 0 Å². The zero-order valence-corrected chi connectivity index (χ0v) is 16.4. The van der Waals surface area contributed by atoms with Crippen LogP contribution in [0.5, 0.6) is 0 Å². The number of methoxy groups -OCH3 is 4. The molecule has 0 saturated heterocycles. The van der Waals surface area contributed by atoms with Crippen LogP contribution in [0.25, 0.3) is 0 Å². The van der Waals surface area contributed by atoms with Gasteiger partial charge in [0.25, 0.3) is 0 Å². The van der Waals surface area contributed by atoms with Crippen molar-refractivity contribution < 1.29 is 38.1 Å². The number of hydrogen-bond acceptors (Lipinski definition) is 8. The number of esters is 4. The van der Waals surface area contributed by atoms with Crippen molar-refractivity contribution in [2.24, 2.45) is 0 Å². The second-order valence-corrected chi connectivity index (χ2v) is 5.82. The Balaban J connectivity index is 2.68. The van der Waals surface area contributed by atoms with E-state index in [1.807, 2.05) is 0 Å². The van der Waals surface area contributed by atoms with Crippen molar-refractivity contribution in [1.29, 1.82) is 0 Å². The van der Waals surface area contributed by atoms with Crippen LogP contribution in [0, 0.1) is 0 Å². The summed E-state index contributed by atoms with van der Waals surface area (Å²) in [6.07, 6.45) is 0.0462. The van der Waals surface area contributed by atoms with Crippen LogP contribution in [0.1, 0.15) is 52.6 Å². The molecule has 0 saturated carbocycles. The lowest BCUT2D eigenvalue weighted by atomic mass is 9.91. The summed E-state index contributed by atoms with van der Waals surface area (Å²) in [7, 11) is 4.78. The van der Waals surface area contributed by atoms with Crippen LogP contribution in [0.4, 0.5) is 0 Å². The Kier molecular flexibility index (Phi) is 7.08. The highest BCUT2D eigenvalue weighted by atomic mass is 16.5. The van der Waals surface area contributed by atoms with Crippen LogP contribution in [-0.2, 0) is 25.4 Å². The summed E-state index contributed by atoms with van der Waals surface area (Å²) in [6, 6.07) is 9.27. The first-order chi connectivity index (χ1) is 13.9. The smallest absolute Gasteiger partial charge is 0.339 e. The molecule has 0 aromatic heterocycles. The van der Waals surface area contributed by atoms with Crippen molar-refractivity contribution in [3.05, 3.63) is 69.8 Å². The highest BCUT2D eigenvalue weighted by Crippen LogP contribution is 2.25. The SMILES string of the molecule is COC(=O)c1cccc(Cc2cccc(C(=O)OC)c2C(=O)OC)c1C(=O)OC.